The van der Waals surface area contributed by atoms with Crippen molar-refractivity contribution in [2.45, 2.75) is 19.4 Å². The third kappa shape index (κ3) is 3.91. The normalized spacial score (nSPS) is 11.9. The molecule has 0 saturated carbocycles. The van der Waals surface area contributed by atoms with E-state index >= 15 is 0 Å². The fourth-order valence-corrected chi connectivity index (χ4v) is 1.75. The summed E-state index contributed by atoms with van der Waals surface area (Å²) in [6.07, 6.45) is -0.0455. The van der Waals surface area contributed by atoms with E-state index in [-0.39, 0.29) is 6.42 Å². The monoisotopic (exact) mass is 275 g/mol. The van der Waals surface area contributed by atoms with Crippen LogP contribution in [0.2, 0.25) is 10.0 Å². The Morgan fingerprint density at radius 2 is 1.88 bits per heavy atom. The van der Waals surface area contributed by atoms with Crippen LogP contribution in [0.1, 0.15) is 12.5 Å². The summed E-state index contributed by atoms with van der Waals surface area (Å²) in [6, 6.07) is 3.98. The minimum atomic E-state index is -1.09. The molecule has 0 aliphatic heterocycles. The standard InChI is InChI=1S/C11H11Cl2NO3/c1-6(11(16)17)14-10(15)5-7-8(12)3-2-4-9(7)13/h2-4,6H,5H2,1H3,(H,14,15)(H,16,17). The molecule has 0 fully saturated rings. The summed E-state index contributed by atoms with van der Waals surface area (Å²) in [7, 11) is 0. The lowest BCUT2D eigenvalue weighted by atomic mass is 10.1. The van der Waals surface area contributed by atoms with Crippen LogP contribution in [0, 0.1) is 0 Å². The number of carbonyl (C=O) groups is 2. The predicted molar refractivity (Wildman–Crippen MR) is 65.4 cm³/mol. The molecule has 0 radical (unpaired) electrons. The Labute approximate surface area is 109 Å². The number of rotatable bonds is 4. The fraction of sp³-hybridized carbons (Fsp3) is 0.273. The van der Waals surface area contributed by atoms with Crippen molar-refractivity contribution in [2.24, 2.45) is 0 Å². The molecule has 1 atom stereocenters. The van der Waals surface area contributed by atoms with Crippen LogP contribution in [-0.4, -0.2) is 23.0 Å². The molecule has 1 amide bonds. The van der Waals surface area contributed by atoms with Crippen molar-refractivity contribution in [1.82, 2.24) is 5.32 Å². The topological polar surface area (TPSA) is 66.4 Å². The molecule has 1 aromatic rings. The third-order valence-corrected chi connectivity index (χ3v) is 2.86. The lowest BCUT2D eigenvalue weighted by Crippen LogP contribution is -2.39. The maximum atomic E-state index is 11.5. The van der Waals surface area contributed by atoms with E-state index in [1.54, 1.807) is 18.2 Å². The molecule has 0 spiro atoms. The summed E-state index contributed by atoms with van der Waals surface area (Å²) in [5, 5.41) is 11.7. The second-order valence-electron chi connectivity index (χ2n) is 3.50. The van der Waals surface area contributed by atoms with Crippen molar-refractivity contribution in [3.63, 3.8) is 0 Å². The Morgan fingerprint density at radius 1 is 1.35 bits per heavy atom. The van der Waals surface area contributed by atoms with Gasteiger partial charge in [0.1, 0.15) is 6.04 Å². The van der Waals surface area contributed by atoms with Crippen molar-refractivity contribution in [3.05, 3.63) is 33.8 Å². The van der Waals surface area contributed by atoms with Crippen LogP contribution >= 0.6 is 23.2 Å². The van der Waals surface area contributed by atoms with Gasteiger partial charge in [-0.1, -0.05) is 29.3 Å². The van der Waals surface area contributed by atoms with E-state index in [0.29, 0.717) is 15.6 Å². The molecule has 0 aliphatic rings. The number of hydrogen-bond donors (Lipinski definition) is 2. The highest BCUT2D eigenvalue weighted by Crippen LogP contribution is 2.24. The van der Waals surface area contributed by atoms with Crippen LogP contribution in [0.25, 0.3) is 0 Å². The van der Waals surface area contributed by atoms with Gasteiger partial charge in [0, 0.05) is 10.0 Å². The van der Waals surface area contributed by atoms with Crippen molar-refractivity contribution < 1.29 is 14.7 Å². The Bertz CT molecular complexity index is 428. The van der Waals surface area contributed by atoms with Crippen molar-refractivity contribution in [2.75, 3.05) is 0 Å². The number of carbonyl (C=O) groups excluding carboxylic acids is 1. The van der Waals surface area contributed by atoms with E-state index in [1.165, 1.54) is 6.92 Å². The molecular formula is C11H11Cl2NO3. The summed E-state index contributed by atoms with van der Waals surface area (Å²) in [6.45, 7) is 1.38. The smallest absolute Gasteiger partial charge is 0.325 e. The summed E-state index contributed by atoms with van der Waals surface area (Å²) in [4.78, 5) is 22.1. The van der Waals surface area contributed by atoms with Gasteiger partial charge in [0.05, 0.1) is 6.42 Å². The highest BCUT2D eigenvalue weighted by molar-refractivity contribution is 6.36. The first-order valence-electron chi connectivity index (χ1n) is 4.87. The van der Waals surface area contributed by atoms with Gasteiger partial charge in [-0.05, 0) is 24.6 Å². The molecule has 17 heavy (non-hydrogen) atoms. The van der Waals surface area contributed by atoms with Gasteiger partial charge in [0.15, 0.2) is 0 Å². The Balaban J connectivity index is 2.72. The predicted octanol–water partition coefficient (Wildman–Crippen LogP) is 2.13. The highest BCUT2D eigenvalue weighted by atomic mass is 35.5. The average Bonchev–Trinajstić information content (AvgIpc) is 2.23. The molecule has 0 bridgehead atoms. The van der Waals surface area contributed by atoms with Crippen LogP contribution in [-0.2, 0) is 16.0 Å². The maximum absolute atomic E-state index is 11.5. The molecule has 0 heterocycles. The lowest BCUT2D eigenvalue weighted by molar-refractivity contribution is -0.141. The first-order valence-corrected chi connectivity index (χ1v) is 5.62. The van der Waals surface area contributed by atoms with Gasteiger partial charge in [-0.25, -0.2) is 0 Å². The minimum Gasteiger partial charge on any atom is -0.480 e. The summed E-state index contributed by atoms with van der Waals surface area (Å²) >= 11 is 11.8. The molecular weight excluding hydrogens is 265 g/mol. The van der Waals surface area contributed by atoms with Gasteiger partial charge in [-0.15, -0.1) is 0 Å². The molecule has 1 rings (SSSR count). The lowest BCUT2D eigenvalue weighted by Gasteiger charge is -2.10. The number of benzene rings is 1. The van der Waals surface area contributed by atoms with Crippen molar-refractivity contribution >= 4 is 35.1 Å². The Hall–Kier alpha value is -1.26. The van der Waals surface area contributed by atoms with E-state index < -0.39 is 17.9 Å². The largest absolute Gasteiger partial charge is 0.480 e. The fourth-order valence-electron chi connectivity index (χ4n) is 1.22. The Kier molecular flexibility index (Phi) is 4.78. The van der Waals surface area contributed by atoms with Gasteiger partial charge >= 0.3 is 5.97 Å². The molecule has 0 aromatic heterocycles. The molecule has 6 heteroatoms. The van der Waals surface area contributed by atoms with Gasteiger partial charge in [0.2, 0.25) is 5.91 Å². The zero-order valence-corrected chi connectivity index (χ0v) is 10.5. The molecule has 2 N–H and O–H groups in total. The number of amides is 1. The molecule has 4 nitrogen and oxygen atoms in total. The zero-order valence-electron chi connectivity index (χ0n) is 9.04. The van der Waals surface area contributed by atoms with Crippen molar-refractivity contribution in [1.29, 1.82) is 0 Å². The number of halogens is 2. The van der Waals surface area contributed by atoms with Gasteiger partial charge in [-0.3, -0.25) is 9.59 Å². The second kappa shape index (κ2) is 5.89. The zero-order chi connectivity index (χ0) is 13.0. The van der Waals surface area contributed by atoms with Crippen molar-refractivity contribution in [3.8, 4) is 0 Å². The van der Waals surface area contributed by atoms with Crippen LogP contribution < -0.4 is 5.32 Å². The van der Waals surface area contributed by atoms with Crippen LogP contribution in [0.5, 0.6) is 0 Å². The highest BCUT2D eigenvalue weighted by Gasteiger charge is 2.16. The molecule has 1 aromatic carbocycles. The average molecular weight is 276 g/mol. The van der Waals surface area contributed by atoms with E-state index in [1.807, 2.05) is 0 Å². The first-order chi connectivity index (χ1) is 7.91. The number of nitrogens with one attached hydrogen (secondary N) is 1. The van der Waals surface area contributed by atoms with E-state index in [2.05, 4.69) is 5.32 Å². The van der Waals surface area contributed by atoms with Gasteiger partial charge in [-0.2, -0.15) is 0 Å². The van der Waals surface area contributed by atoms with E-state index in [0.717, 1.165) is 0 Å². The second-order valence-corrected chi connectivity index (χ2v) is 4.32. The summed E-state index contributed by atoms with van der Waals surface area (Å²) < 4.78 is 0. The summed E-state index contributed by atoms with van der Waals surface area (Å²) in [5.41, 5.74) is 0.492. The van der Waals surface area contributed by atoms with E-state index in [9.17, 15) is 9.59 Å². The molecule has 0 saturated heterocycles. The maximum Gasteiger partial charge on any atom is 0.325 e. The van der Waals surface area contributed by atoms with Gasteiger partial charge in [0.25, 0.3) is 0 Å². The first kappa shape index (κ1) is 13.8. The number of aliphatic carboxylic acids is 1. The Morgan fingerprint density at radius 3 is 2.35 bits per heavy atom. The molecule has 92 valence electrons. The summed E-state index contributed by atoms with van der Waals surface area (Å²) in [5.74, 6) is -1.53. The van der Waals surface area contributed by atoms with Crippen LogP contribution in [0.15, 0.2) is 18.2 Å². The third-order valence-electron chi connectivity index (χ3n) is 2.15. The van der Waals surface area contributed by atoms with Crippen LogP contribution in [0.4, 0.5) is 0 Å². The van der Waals surface area contributed by atoms with Gasteiger partial charge < -0.3 is 10.4 Å². The number of carboxylic acids is 1. The van der Waals surface area contributed by atoms with Crippen LogP contribution in [0.3, 0.4) is 0 Å². The SMILES string of the molecule is CC(NC(=O)Cc1c(Cl)cccc1Cl)C(=O)O. The molecule has 1 unspecified atom stereocenters. The minimum absolute atomic E-state index is 0.0455. The molecule has 0 aliphatic carbocycles. The van der Waals surface area contributed by atoms with E-state index in [4.69, 9.17) is 28.3 Å². The quantitative estimate of drug-likeness (QED) is 0.885. The number of hydrogen-bond acceptors (Lipinski definition) is 2. The number of carboxylic acid groups (broad SMARTS) is 1.